The molecule has 0 aliphatic carbocycles. The second-order valence-corrected chi connectivity index (χ2v) is 8.05. The van der Waals surface area contributed by atoms with Crippen molar-refractivity contribution in [3.63, 3.8) is 0 Å². The van der Waals surface area contributed by atoms with Gasteiger partial charge in [0.2, 0.25) is 0 Å². The summed E-state index contributed by atoms with van der Waals surface area (Å²) in [7, 11) is 0. The van der Waals surface area contributed by atoms with E-state index in [1.165, 1.54) is 30.0 Å². The Morgan fingerprint density at radius 1 is 1.39 bits per heavy atom. The Bertz CT molecular complexity index is 856. The summed E-state index contributed by atoms with van der Waals surface area (Å²) in [5, 5.41) is 31.2. The van der Waals surface area contributed by atoms with Gasteiger partial charge in [0.15, 0.2) is 5.60 Å². The van der Waals surface area contributed by atoms with Gasteiger partial charge in [-0.1, -0.05) is 25.8 Å². The van der Waals surface area contributed by atoms with Crippen molar-refractivity contribution in [3.05, 3.63) is 45.5 Å². The van der Waals surface area contributed by atoms with Crippen molar-refractivity contribution in [1.82, 2.24) is 4.90 Å². The first-order valence-corrected chi connectivity index (χ1v) is 10.4. The number of non-ortho nitro benzene ring substituents is 1. The monoisotopic (exact) mass is 439 g/mol. The van der Waals surface area contributed by atoms with E-state index in [0.717, 1.165) is 12.5 Å². The van der Waals surface area contributed by atoms with Crippen molar-refractivity contribution in [2.75, 3.05) is 19.6 Å². The van der Waals surface area contributed by atoms with Crippen molar-refractivity contribution >= 4 is 11.3 Å². The second-order valence-electron chi connectivity index (χ2n) is 8.05. The molecule has 0 bridgehead atoms. The molecule has 1 atom stereocenters. The molecule has 1 aromatic carbocycles. The molecule has 1 N–H and O–H groups in total. The number of hydrogen-bond donors (Lipinski definition) is 1. The first-order valence-electron chi connectivity index (χ1n) is 10.4. The topological polar surface area (TPSA) is 90.4 Å². The van der Waals surface area contributed by atoms with Crippen LogP contribution in [0.2, 0.25) is 0 Å². The van der Waals surface area contributed by atoms with Gasteiger partial charge in [-0.05, 0) is 62.0 Å². The third kappa shape index (κ3) is 5.83. The van der Waals surface area contributed by atoms with Crippen LogP contribution in [0.15, 0.2) is 24.3 Å². The van der Waals surface area contributed by atoms with E-state index in [4.69, 9.17) is 5.26 Å². The number of allylic oxidation sites excluding steroid dienone is 1. The van der Waals surface area contributed by atoms with Crippen molar-refractivity contribution in [2.24, 2.45) is 5.92 Å². The number of unbranched alkanes of at least 4 members (excludes halogenated alkanes) is 2. The first kappa shape index (κ1) is 24.8. The van der Waals surface area contributed by atoms with E-state index in [0.29, 0.717) is 31.2 Å². The minimum atomic E-state index is -4.95. The SMILES string of the molecule is CCCC/C=C(\c1ccc([N+](=O)[O-])cc1C)C(O)(CN1CCC(C#N)CC1)C(F)(F)F. The molecule has 1 unspecified atom stereocenters. The van der Waals surface area contributed by atoms with Gasteiger partial charge in [-0.15, -0.1) is 0 Å². The van der Waals surface area contributed by atoms with E-state index in [9.17, 15) is 28.4 Å². The minimum absolute atomic E-state index is 0.147. The Hall–Kier alpha value is -2.44. The maximum atomic E-state index is 14.3. The lowest BCUT2D eigenvalue weighted by atomic mass is 9.83. The van der Waals surface area contributed by atoms with E-state index < -0.39 is 23.2 Å². The molecule has 1 heterocycles. The second kappa shape index (κ2) is 10.2. The Morgan fingerprint density at radius 3 is 2.52 bits per heavy atom. The number of aryl methyl sites for hydroxylation is 1. The van der Waals surface area contributed by atoms with E-state index in [1.807, 2.05) is 6.92 Å². The molecule has 0 aromatic heterocycles. The van der Waals surface area contributed by atoms with Crippen LogP contribution < -0.4 is 0 Å². The van der Waals surface area contributed by atoms with Crippen LogP contribution in [0.3, 0.4) is 0 Å². The molecular formula is C22H28F3N3O3. The van der Waals surface area contributed by atoms with Crippen LogP contribution in [0.4, 0.5) is 18.9 Å². The van der Waals surface area contributed by atoms with Crippen LogP contribution in [0.25, 0.3) is 5.57 Å². The molecule has 0 amide bonds. The fraction of sp³-hybridized carbons (Fsp3) is 0.591. The molecule has 0 saturated carbocycles. The molecule has 1 aromatic rings. The molecule has 0 spiro atoms. The number of nitrogens with zero attached hydrogens (tertiary/aromatic N) is 3. The summed E-state index contributed by atoms with van der Waals surface area (Å²) in [5.74, 6) is -0.188. The zero-order valence-electron chi connectivity index (χ0n) is 17.8. The number of halogens is 3. The van der Waals surface area contributed by atoms with Gasteiger partial charge in [0, 0.05) is 24.6 Å². The van der Waals surface area contributed by atoms with Crippen LogP contribution in [0.5, 0.6) is 0 Å². The van der Waals surface area contributed by atoms with Crippen LogP contribution in [-0.4, -0.2) is 46.3 Å². The lowest BCUT2D eigenvalue weighted by molar-refractivity contribution is -0.384. The van der Waals surface area contributed by atoms with Crippen molar-refractivity contribution in [3.8, 4) is 6.07 Å². The molecule has 1 aliphatic heterocycles. The summed E-state index contributed by atoms with van der Waals surface area (Å²) in [4.78, 5) is 12.0. The molecule has 9 heteroatoms. The quantitative estimate of drug-likeness (QED) is 0.349. The zero-order valence-corrected chi connectivity index (χ0v) is 17.8. The number of hydrogen-bond acceptors (Lipinski definition) is 5. The number of benzene rings is 1. The maximum Gasteiger partial charge on any atom is 0.422 e. The highest BCUT2D eigenvalue weighted by Crippen LogP contribution is 2.43. The third-order valence-corrected chi connectivity index (χ3v) is 5.75. The van der Waals surface area contributed by atoms with Gasteiger partial charge in [-0.2, -0.15) is 18.4 Å². The Morgan fingerprint density at radius 2 is 2.03 bits per heavy atom. The van der Waals surface area contributed by atoms with E-state index in [2.05, 4.69) is 6.07 Å². The van der Waals surface area contributed by atoms with Crippen LogP contribution in [0, 0.1) is 34.3 Å². The number of aliphatic hydroxyl groups is 1. The Kier molecular flexibility index (Phi) is 8.21. The molecule has 2 rings (SSSR count). The van der Waals surface area contributed by atoms with E-state index >= 15 is 0 Å². The number of rotatable bonds is 8. The van der Waals surface area contributed by atoms with Crippen molar-refractivity contribution in [2.45, 2.75) is 57.7 Å². The zero-order chi connectivity index (χ0) is 23.2. The highest BCUT2D eigenvalue weighted by atomic mass is 19.4. The van der Waals surface area contributed by atoms with Gasteiger partial charge in [0.05, 0.1) is 11.0 Å². The molecule has 0 radical (unpaired) electrons. The highest BCUT2D eigenvalue weighted by Gasteiger charge is 2.57. The van der Waals surface area contributed by atoms with Gasteiger partial charge >= 0.3 is 6.18 Å². The normalized spacial score (nSPS) is 18.4. The average molecular weight is 439 g/mol. The smallest absolute Gasteiger partial charge is 0.375 e. The number of likely N-dealkylation sites (tertiary alicyclic amines) is 1. The minimum Gasteiger partial charge on any atom is -0.375 e. The average Bonchev–Trinajstić information content (AvgIpc) is 2.71. The lowest BCUT2D eigenvalue weighted by Crippen LogP contribution is -2.55. The largest absolute Gasteiger partial charge is 0.422 e. The number of nitro benzene ring substituents is 1. The number of nitriles is 1. The van der Waals surface area contributed by atoms with Gasteiger partial charge < -0.3 is 5.11 Å². The van der Waals surface area contributed by atoms with Crippen molar-refractivity contribution in [1.29, 1.82) is 5.26 Å². The Balaban J connectivity index is 2.50. The number of β-amino-alcohol motifs (C(OH)–C–C–N with tert-alkyl or cyclic N) is 1. The van der Waals surface area contributed by atoms with Gasteiger partial charge in [-0.3, -0.25) is 15.0 Å². The standard InChI is InChI=1S/C22H28F3N3O3/c1-3-4-5-6-20(19-8-7-18(28(30)31)13-16(19)2)21(29,22(23,24)25)15-27-11-9-17(14-26)10-12-27/h6-8,13,17,29H,3-5,9-12,15H2,1-2H3/b20-6+. The molecule has 1 saturated heterocycles. The van der Waals surface area contributed by atoms with Crippen LogP contribution >= 0.6 is 0 Å². The third-order valence-electron chi connectivity index (χ3n) is 5.75. The van der Waals surface area contributed by atoms with Gasteiger partial charge in [0.25, 0.3) is 5.69 Å². The lowest BCUT2D eigenvalue weighted by Gasteiger charge is -2.40. The molecule has 31 heavy (non-hydrogen) atoms. The van der Waals surface area contributed by atoms with Crippen LogP contribution in [0.1, 0.15) is 50.2 Å². The summed E-state index contributed by atoms with van der Waals surface area (Å²) in [6.07, 6.45) is -0.867. The first-order chi connectivity index (χ1) is 14.5. The van der Waals surface area contributed by atoms with Crippen molar-refractivity contribution < 1.29 is 23.2 Å². The molecular weight excluding hydrogens is 411 g/mol. The predicted octanol–water partition coefficient (Wildman–Crippen LogP) is 5.01. The molecule has 6 nitrogen and oxygen atoms in total. The summed E-state index contributed by atoms with van der Waals surface area (Å²) < 4.78 is 42.9. The molecule has 1 fully saturated rings. The number of alkyl halides is 3. The maximum absolute atomic E-state index is 14.3. The summed E-state index contributed by atoms with van der Waals surface area (Å²) >= 11 is 0. The Labute approximate surface area is 180 Å². The molecule has 170 valence electrons. The van der Waals surface area contributed by atoms with Gasteiger partial charge in [-0.25, -0.2) is 0 Å². The fourth-order valence-electron chi connectivity index (χ4n) is 3.89. The predicted molar refractivity (Wildman–Crippen MR) is 111 cm³/mol. The molecule has 1 aliphatic rings. The van der Waals surface area contributed by atoms with E-state index in [1.54, 1.807) is 0 Å². The fourth-order valence-corrected chi connectivity index (χ4v) is 3.89. The summed E-state index contributed by atoms with van der Waals surface area (Å²) in [5.41, 5.74) is -3.19. The summed E-state index contributed by atoms with van der Waals surface area (Å²) in [6.45, 7) is 3.35. The van der Waals surface area contributed by atoms with Crippen LogP contribution in [-0.2, 0) is 0 Å². The van der Waals surface area contributed by atoms with Gasteiger partial charge in [0.1, 0.15) is 0 Å². The van der Waals surface area contributed by atoms with E-state index in [-0.39, 0.29) is 35.8 Å². The number of nitro groups is 1. The summed E-state index contributed by atoms with van der Waals surface area (Å²) in [6, 6.07) is 5.80. The highest BCUT2D eigenvalue weighted by molar-refractivity contribution is 5.76. The number of piperidine rings is 1.